The molecule has 0 aliphatic rings. The van der Waals surface area contributed by atoms with Gasteiger partial charge in [0, 0.05) is 12.0 Å². The molecule has 2 aromatic heterocycles. The van der Waals surface area contributed by atoms with Gasteiger partial charge >= 0.3 is 0 Å². The number of benzene rings is 2. The highest BCUT2D eigenvalue weighted by molar-refractivity contribution is 7.16. The summed E-state index contributed by atoms with van der Waals surface area (Å²) in [4.78, 5) is 0.789. The maximum Gasteiger partial charge on any atom is 0.234 e. The van der Waals surface area contributed by atoms with Crippen LogP contribution in [0.15, 0.2) is 42.5 Å². The SMILES string of the molecule is COc1ccc(Cc2nn3c(-c4cccc(C)c4)nnc3s2)cc1OC. The highest BCUT2D eigenvalue weighted by Gasteiger charge is 2.14. The lowest BCUT2D eigenvalue weighted by molar-refractivity contribution is 0.354. The van der Waals surface area contributed by atoms with Crippen LogP contribution in [0.1, 0.15) is 16.1 Å². The number of aryl methyl sites for hydroxylation is 1. The largest absolute Gasteiger partial charge is 0.493 e. The third kappa shape index (κ3) is 3.01. The van der Waals surface area contributed by atoms with Crippen LogP contribution in [0.25, 0.3) is 16.3 Å². The lowest BCUT2D eigenvalue weighted by atomic mass is 10.1. The maximum atomic E-state index is 5.38. The van der Waals surface area contributed by atoms with E-state index in [4.69, 9.17) is 14.6 Å². The van der Waals surface area contributed by atoms with E-state index >= 15 is 0 Å². The summed E-state index contributed by atoms with van der Waals surface area (Å²) in [5, 5.41) is 14.2. The molecule has 0 N–H and O–H groups in total. The average Bonchev–Trinajstić information content (AvgIpc) is 3.21. The van der Waals surface area contributed by atoms with Gasteiger partial charge in [-0.05, 0) is 30.7 Å². The van der Waals surface area contributed by atoms with Crippen LogP contribution in [0, 0.1) is 6.92 Å². The van der Waals surface area contributed by atoms with E-state index in [1.807, 2.05) is 34.8 Å². The number of ether oxygens (including phenoxy) is 2. The fraction of sp³-hybridized carbons (Fsp3) is 0.211. The lowest BCUT2D eigenvalue weighted by Gasteiger charge is -2.08. The van der Waals surface area contributed by atoms with E-state index in [9.17, 15) is 0 Å². The molecular weight excluding hydrogens is 348 g/mol. The van der Waals surface area contributed by atoms with Gasteiger partial charge in [-0.15, -0.1) is 10.2 Å². The zero-order valence-electron chi connectivity index (χ0n) is 14.8. The second kappa shape index (κ2) is 6.76. The Morgan fingerprint density at radius 2 is 1.85 bits per heavy atom. The van der Waals surface area contributed by atoms with Gasteiger partial charge in [-0.2, -0.15) is 9.61 Å². The smallest absolute Gasteiger partial charge is 0.234 e. The van der Waals surface area contributed by atoms with Crippen molar-refractivity contribution in [1.82, 2.24) is 19.8 Å². The standard InChI is InChI=1S/C19H18N4O2S/c1-12-5-4-6-14(9-12)18-20-21-19-23(18)22-17(26-19)11-13-7-8-15(24-2)16(10-13)25-3/h4-10H,11H2,1-3H3. The second-order valence-electron chi connectivity index (χ2n) is 5.95. The zero-order valence-corrected chi connectivity index (χ0v) is 15.6. The summed E-state index contributed by atoms with van der Waals surface area (Å²) < 4.78 is 12.5. The molecule has 6 nitrogen and oxygen atoms in total. The Balaban J connectivity index is 1.67. The predicted molar refractivity (Wildman–Crippen MR) is 101 cm³/mol. The Morgan fingerprint density at radius 3 is 2.62 bits per heavy atom. The van der Waals surface area contributed by atoms with E-state index < -0.39 is 0 Å². The summed E-state index contributed by atoms with van der Waals surface area (Å²) in [5.41, 5.74) is 3.30. The van der Waals surface area contributed by atoms with Crippen LogP contribution < -0.4 is 9.47 Å². The molecule has 0 aliphatic carbocycles. The average molecular weight is 366 g/mol. The fourth-order valence-electron chi connectivity index (χ4n) is 2.86. The van der Waals surface area contributed by atoms with E-state index in [-0.39, 0.29) is 0 Å². The summed E-state index contributed by atoms with van der Waals surface area (Å²) in [6, 6.07) is 14.1. The van der Waals surface area contributed by atoms with Gasteiger partial charge in [-0.3, -0.25) is 0 Å². The normalized spacial score (nSPS) is 11.0. The van der Waals surface area contributed by atoms with Crippen molar-refractivity contribution >= 4 is 16.3 Å². The molecule has 0 spiro atoms. The number of hydrogen-bond acceptors (Lipinski definition) is 6. The van der Waals surface area contributed by atoms with Crippen LogP contribution in [-0.2, 0) is 6.42 Å². The molecule has 0 bridgehead atoms. The molecule has 132 valence electrons. The summed E-state index contributed by atoms with van der Waals surface area (Å²) in [6.07, 6.45) is 0.696. The van der Waals surface area contributed by atoms with Gasteiger partial charge in [0.2, 0.25) is 4.96 Å². The maximum absolute atomic E-state index is 5.38. The summed E-state index contributed by atoms with van der Waals surface area (Å²) in [7, 11) is 3.27. The predicted octanol–water partition coefficient (Wildman–Crippen LogP) is 3.77. The van der Waals surface area contributed by atoms with Crippen LogP contribution in [0.2, 0.25) is 0 Å². The molecule has 4 rings (SSSR count). The molecule has 0 radical (unpaired) electrons. The van der Waals surface area contributed by atoms with Crippen molar-refractivity contribution in [2.75, 3.05) is 14.2 Å². The molecule has 0 unspecified atom stereocenters. The number of methoxy groups -OCH3 is 2. The van der Waals surface area contributed by atoms with Crippen molar-refractivity contribution in [3.8, 4) is 22.9 Å². The van der Waals surface area contributed by atoms with Crippen LogP contribution in [0.4, 0.5) is 0 Å². The van der Waals surface area contributed by atoms with Crippen LogP contribution in [0.5, 0.6) is 11.5 Å². The first-order valence-electron chi connectivity index (χ1n) is 8.17. The van der Waals surface area contributed by atoms with Gasteiger partial charge < -0.3 is 9.47 Å². The molecule has 7 heteroatoms. The first-order chi connectivity index (χ1) is 12.7. The molecule has 2 heterocycles. The van der Waals surface area contributed by atoms with Crippen molar-refractivity contribution in [3.63, 3.8) is 0 Å². The van der Waals surface area contributed by atoms with E-state index in [1.54, 1.807) is 25.6 Å². The number of fused-ring (bicyclic) bond motifs is 1. The van der Waals surface area contributed by atoms with Gasteiger partial charge in [-0.1, -0.05) is 41.2 Å². The number of hydrogen-bond donors (Lipinski definition) is 0. The molecule has 0 amide bonds. The molecule has 0 aliphatic heterocycles. The molecule has 0 fully saturated rings. The minimum Gasteiger partial charge on any atom is -0.493 e. The van der Waals surface area contributed by atoms with Crippen molar-refractivity contribution in [2.45, 2.75) is 13.3 Å². The quantitative estimate of drug-likeness (QED) is 0.538. The van der Waals surface area contributed by atoms with Gasteiger partial charge in [-0.25, -0.2) is 0 Å². The molecule has 2 aromatic carbocycles. The summed E-state index contributed by atoms with van der Waals surface area (Å²) in [6.45, 7) is 2.06. The minimum absolute atomic E-state index is 0.696. The summed E-state index contributed by atoms with van der Waals surface area (Å²) in [5.74, 6) is 2.20. The Hall–Kier alpha value is -2.93. The Labute approximate surface area is 155 Å². The number of nitrogens with zero attached hydrogens (tertiary/aromatic N) is 4. The van der Waals surface area contributed by atoms with E-state index in [0.29, 0.717) is 12.2 Å². The van der Waals surface area contributed by atoms with Gasteiger partial charge in [0.05, 0.1) is 14.2 Å². The Morgan fingerprint density at radius 1 is 1.00 bits per heavy atom. The summed E-state index contributed by atoms with van der Waals surface area (Å²) >= 11 is 1.54. The highest BCUT2D eigenvalue weighted by atomic mass is 32.1. The van der Waals surface area contributed by atoms with Crippen molar-refractivity contribution in [1.29, 1.82) is 0 Å². The fourth-order valence-corrected chi connectivity index (χ4v) is 3.72. The van der Waals surface area contributed by atoms with Gasteiger partial charge in [0.25, 0.3) is 0 Å². The molecule has 0 saturated heterocycles. The lowest BCUT2D eigenvalue weighted by Crippen LogP contribution is -1.95. The third-order valence-corrected chi connectivity index (χ3v) is 5.01. The topological polar surface area (TPSA) is 61.5 Å². The highest BCUT2D eigenvalue weighted by Crippen LogP contribution is 2.29. The number of aromatic nitrogens is 4. The molecule has 4 aromatic rings. The molecule has 0 saturated carbocycles. The third-order valence-electron chi connectivity index (χ3n) is 4.11. The van der Waals surface area contributed by atoms with Crippen LogP contribution in [-0.4, -0.2) is 34.0 Å². The van der Waals surface area contributed by atoms with E-state index in [0.717, 1.165) is 32.7 Å². The Kier molecular flexibility index (Phi) is 4.30. The van der Waals surface area contributed by atoms with Gasteiger partial charge in [0.1, 0.15) is 5.01 Å². The molecular formula is C19H18N4O2S. The first kappa shape index (κ1) is 16.5. The molecule has 0 atom stereocenters. The van der Waals surface area contributed by atoms with Crippen LogP contribution >= 0.6 is 11.3 Å². The van der Waals surface area contributed by atoms with E-state index in [1.165, 1.54) is 5.56 Å². The second-order valence-corrected chi connectivity index (χ2v) is 6.99. The van der Waals surface area contributed by atoms with Crippen molar-refractivity contribution in [2.24, 2.45) is 0 Å². The van der Waals surface area contributed by atoms with Gasteiger partial charge in [0.15, 0.2) is 17.3 Å². The molecule has 26 heavy (non-hydrogen) atoms. The monoisotopic (exact) mass is 366 g/mol. The minimum atomic E-state index is 0.696. The van der Waals surface area contributed by atoms with Crippen LogP contribution in [0.3, 0.4) is 0 Å². The van der Waals surface area contributed by atoms with Crippen molar-refractivity contribution < 1.29 is 9.47 Å². The van der Waals surface area contributed by atoms with Crippen molar-refractivity contribution in [3.05, 3.63) is 58.6 Å². The first-order valence-corrected chi connectivity index (χ1v) is 8.98. The number of rotatable bonds is 5. The van der Waals surface area contributed by atoms with E-state index in [2.05, 4.69) is 29.3 Å². The Bertz CT molecular complexity index is 1070. The zero-order chi connectivity index (χ0) is 18.1.